The topological polar surface area (TPSA) is 36.1 Å². The summed E-state index contributed by atoms with van der Waals surface area (Å²) in [6, 6.07) is 17.9. The number of aromatic amines is 1. The lowest BCUT2D eigenvalue weighted by atomic mass is 10.0. The highest BCUT2D eigenvalue weighted by Crippen LogP contribution is 2.27. The molecular weight excluding hydrogens is 260 g/mol. The van der Waals surface area contributed by atoms with Gasteiger partial charge >= 0.3 is 0 Å². The maximum absolute atomic E-state index is 12.5. The van der Waals surface area contributed by atoms with Crippen molar-refractivity contribution in [3.63, 3.8) is 0 Å². The zero-order chi connectivity index (χ0) is 14.2. The molecule has 0 unspecified atom stereocenters. The van der Waals surface area contributed by atoms with E-state index < -0.39 is 0 Å². The number of hydrogen-bond acceptors (Lipinski definition) is 1. The van der Waals surface area contributed by atoms with E-state index in [1.54, 1.807) is 0 Å². The van der Waals surface area contributed by atoms with E-state index in [1.165, 1.54) is 16.6 Å². The van der Waals surface area contributed by atoms with Crippen molar-refractivity contribution < 1.29 is 4.79 Å². The van der Waals surface area contributed by atoms with Gasteiger partial charge in [0.15, 0.2) is 0 Å². The normalized spacial score (nSPS) is 14.2. The van der Waals surface area contributed by atoms with E-state index in [9.17, 15) is 4.79 Å². The molecule has 0 saturated heterocycles. The van der Waals surface area contributed by atoms with Gasteiger partial charge in [-0.15, -0.1) is 0 Å². The highest BCUT2D eigenvalue weighted by Gasteiger charge is 2.24. The summed E-state index contributed by atoms with van der Waals surface area (Å²) in [5.41, 5.74) is 4.46. The molecule has 1 aromatic heterocycles. The zero-order valence-electron chi connectivity index (χ0n) is 11.7. The van der Waals surface area contributed by atoms with E-state index in [-0.39, 0.29) is 5.91 Å². The fraction of sp³-hybridized carbons (Fsp3) is 0.167. The molecular formula is C18H16N2O. The van der Waals surface area contributed by atoms with Gasteiger partial charge in [-0.2, -0.15) is 0 Å². The highest BCUT2D eigenvalue weighted by molar-refractivity contribution is 5.94. The van der Waals surface area contributed by atoms with Gasteiger partial charge in [0.25, 0.3) is 5.91 Å². The minimum Gasteiger partial charge on any atom is -0.357 e. The number of nitrogens with zero attached hydrogens (tertiary/aromatic N) is 1. The van der Waals surface area contributed by atoms with Crippen LogP contribution in [0.2, 0.25) is 0 Å². The molecule has 0 radical (unpaired) electrons. The third-order valence-electron chi connectivity index (χ3n) is 4.19. The van der Waals surface area contributed by atoms with Crippen LogP contribution < -0.4 is 0 Å². The third kappa shape index (κ3) is 2.02. The largest absolute Gasteiger partial charge is 0.357 e. The first-order valence-corrected chi connectivity index (χ1v) is 7.26. The molecule has 1 aliphatic heterocycles. The van der Waals surface area contributed by atoms with Crippen LogP contribution in [0.5, 0.6) is 0 Å². The smallest absolute Gasteiger partial charge is 0.254 e. The van der Waals surface area contributed by atoms with Gasteiger partial charge < -0.3 is 9.88 Å². The minimum absolute atomic E-state index is 0.111. The Morgan fingerprint density at radius 3 is 2.62 bits per heavy atom. The number of para-hydroxylation sites is 1. The van der Waals surface area contributed by atoms with Gasteiger partial charge in [0.1, 0.15) is 0 Å². The van der Waals surface area contributed by atoms with Crippen LogP contribution >= 0.6 is 0 Å². The number of fused-ring (bicyclic) bond motifs is 3. The zero-order valence-corrected chi connectivity index (χ0v) is 11.7. The summed E-state index contributed by atoms with van der Waals surface area (Å²) in [5, 5.41) is 1.29. The van der Waals surface area contributed by atoms with E-state index in [1.807, 2.05) is 41.3 Å². The molecule has 0 bridgehead atoms. The fourth-order valence-electron chi connectivity index (χ4n) is 3.13. The molecule has 1 N–H and O–H groups in total. The van der Waals surface area contributed by atoms with Crippen molar-refractivity contribution in [2.45, 2.75) is 13.0 Å². The third-order valence-corrected chi connectivity index (χ3v) is 4.19. The number of amides is 1. The quantitative estimate of drug-likeness (QED) is 0.727. The molecule has 104 valence electrons. The number of benzene rings is 2. The molecule has 21 heavy (non-hydrogen) atoms. The predicted octanol–water partition coefficient (Wildman–Crippen LogP) is 3.37. The summed E-state index contributed by atoms with van der Waals surface area (Å²) in [4.78, 5) is 17.9. The summed E-state index contributed by atoms with van der Waals surface area (Å²) < 4.78 is 0. The standard InChI is InChI=1S/C18H16N2O/c21-18(13-6-2-1-3-7-13)20-11-10-15-14-8-4-5-9-16(14)19-17(15)12-20/h1-9,19H,10-12H2. The summed E-state index contributed by atoms with van der Waals surface area (Å²) in [6.45, 7) is 1.44. The second kappa shape index (κ2) is 4.77. The summed E-state index contributed by atoms with van der Waals surface area (Å²) in [5.74, 6) is 0.111. The SMILES string of the molecule is O=C(c1ccccc1)N1CCc2c([nH]c3ccccc23)C1. The van der Waals surface area contributed by atoms with Crippen molar-refractivity contribution in [3.05, 3.63) is 71.4 Å². The molecule has 1 aliphatic rings. The average Bonchev–Trinajstić information content (AvgIpc) is 2.92. The number of nitrogens with one attached hydrogen (secondary N) is 1. The first kappa shape index (κ1) is 12.2. The number of hydrogen-bond donors (Lipinski definition) is 1. The molecule has 0 fully saturated rings. The number of H-pyrrole nitrogens is 1. The monoisotopic (exact) mass is 276 g/mol. The van der Waals surface area contributed by atoms with Crippen molar-refractivity contribution in [1.82, 2.24) is 9.88 Å². The summed E-state index contributed by atoms with van der Waals surface area (Å²) >= 11 is 0. The Morgan fingerprint density at radius 1 is 1.00 bits per heavy atom. The molecule has 3 heteroatoms. The van der Waals surface area contributed by atoms with Crippen LogP contribution in [0.1, 0.15) is 21.6 Å². The number of aromatic nitrogens is 1. The van der Waals surface area contributed by atoms with Gasteiger partial charge in [-0.25, -0.2) is 0 Å². The van der Waals surface area contributed by atoms with Crippen LogP contribution in [0, 0.1) is 0 Å². The Hall–Kier alpha value is -2.55. The van der Waals surface area contributed by atoms with E-state index in [0.29, 0.717) is 6.54 Å². The molecule has 3 aromatic rings. The summed E-state index contributed by atoms with van der Waals surface area (Å²) in [6.07, 6.45) is 0.915. The van der Waals surface area contributed by atoms with Crippen molar-refractivity contribution >= 4 is 16.8 Å². The van der Waals surface area contributed by atoms with Gasteiger partial charge in [0.2, 0.25) is 0 Å². The molecule has 0 atom stereocenters. The van der Waals surface area contributed by atoms with E-state index in [0.717, 1.165) is 24.0 Å². The number of carbonyl (C=O) groups is 1. The van der Waals surface area contributed by atoms with Crippen LogP contribution in [0.4, 0.5) is 0 Å². The van der Waals surface area contributed by atoms with Crippen LogP contribution in [0.3, 0.4) is 0 Å². The van der Waals surface area contributed by atoms with Crippen molar-refractivity contribution in [2.75, 3.05) is 6.54 Å². The molecule has 0 aliphatic carbocycles. The lowest BCUT2D eigenvalue weighted by Crippen LogP contribution is -2.35. The second-order valence-electron chi connectivity index (χ2n) is 5.47. The van der Waals surface area contributed by atoms with Gasteiger partial charge in [-0.05, 0) is 30.2 Å². The van der Waals surface area contributed by atoms with E-state index in [2.05, 4.69) is 23.2 Å². The Balaban J connectivity index is 1.66. The molecule has 2 heterocycles. The first-order valence-electron chi connectivity index (χ1n) is 7.26. The maximum Gasteiger partial charge on any atom is 0.254 e. The number of rotatable bonds is 1. The van der Waals surface area contributed by atoms with Gasteiger partial charge in [0, 0.05) is 28.7 Å². The van der Waals surface area contributed by atoms with Gasteiger partial charge in [-0.1, -0.05) is 36.4 Å². The molecule has 0 spiro atoms. The van der Waals surface area contributed by atoms with Crippen molar-refractivity contribution in [3.8, 4) is 0 Å². The van der Waals surface area contributed by atoms with Crippen molar-refractivity contribution in [1.29, 1.82) is 0 Å². The highest BCUT2D eigenvalue weighted by atomic mass is 16.2. The lowest BCUT2D eigenvalue weighted by molar-refractivity contribution is 0.0733. The van der Waals surface area contributed by atoms with Crippen LogP contribution in [-0.2, 0) is 13.0 Å². The van der Waals surface area contributed by atoms with Crippen molar-refractivity contribution in [2.24, 2.45) is 0 Å². The maximum atomic E-state index is 12.5. The molecule has 1 amide bonds. The predicted molar refractivity (Wildman–Crippen MR) is 83.2 cm³/mol. The second-order valence-corrected chi connectivity index (χ2v) is 5.47. The van der Waals surface area contributed by atoms with Gasteiger partial charge in [-0.3, -0.25) is 4.79 Å². The molecule has 2 aromatic carbocycles. The average molecular weight is 276 g/mol. The van der Waals surface area contributed by atoms with Crippen LogP contribution in [0.15, 0.2) is 54.6 Å². The fourth-order valence-corrected chi connectivity index (χ4v) is 3.13. The minimum atomic E-state index is 0.111. The van der Waals surface area contributed by atoms with Gasteiger partial charge in [0.05, 0.1) is 6.54 Å². The van der Waals surface area contributed by atoms with E-state index in [4.69, 9.17) is 0 Å². The lowest BCUT2D eigenvalue weighted by Gasteiger charge is -2.27. The first-order chi connectivity index (χ1) is 10.3. The molecule has 0 saturated carbocycles. The van der Waals surface area contributed by atoms with Crippen LogP contribution in [0.25, 0.3) is 10.9 Å². The Labute approximate surface area is 123 Å². The molecule has 4 rings (SSSR count). The Kier molecular flexibility index (Phi) is 2.78. The summed E-state index contributed by atoms with van der Waals surface area (Å²) in [7, 11) is 0. The Morgan fingerprint density at radius 2 is 1.76 bits per heavy atom. The number of carbonyl (C=O) groups excluding carboxylic acids is 1. The van der Waals surface area contributed by atoms with E-state index >= 15 is 0 Å². The molecule has 3 nitrogen and oxygen atoms in total. The van der Waals surface area contributed by atoms with Crippen LogP contribution in [-0.4, -0.2) is 22.3 Å². The Bertz CT molecular complexity index is 804.